The van der Waals surface area contributed by atoms with E-state index in [-0.39, 0.29) is 22.8 Å². The van der Waals surface area contributed by atoms with Crippen LogP contribution >= 0.6 is 0 Å². The SMILES string of the molecule is O=C(Oc1cccc2c(OC(=O)C34CCCCC3CCCC4)cccc12)C12CCCCC1CCCC2. The lowest BCUT2D eigenvalue weighted by molar-refractivity contribution is -0.155. The highest BCUT2D eigenvalue weighted by Gasteiger charge is 2.50. The van der Waals surface area contributed by atoms with Crippen molar-refractivity contribution in [1.82, 2.24) is 0 Å². The molecule has 0 unspecified atom stereocenters. The Hall–Kier alpha value is -2.36. The van der Waals surface area contributed by atoms with Gasteiger partial charge >= 0.3 is 11.9 Å². The molecule has 4 heteroatoms. The first kappa shape index (κ1) is 24.0. The first-order valence-electron chi connectivity index (χ1n) is 14.6. The molecule has 0 amide bonds. The van der Waals surface area contributed by atoms with E-state index in [9.17, 15) is 9.59 Å². The van der Waals surface area contributed by atoms with Crippen molar-refractivity contribution in [2.24, 2.45) is 22.7 Å². The number of esters is 2. The Morgan fingerprint density at radius 1 is 0.556 bits per heavy atom. The molecular weight excluding hydrogens is 448 g/mol. The predicted molar refractivity (Wildman–Crippen MR) is 141 cm³/mol. The number of fused-ring (bicyclic) bond motifs is 3. The predicted octanol–water partition coefficient (Wildman–Crippen LogP) is 8.15. The van der Waals surface area contributed by atoms with Crippen LogP contribution in [0.4, 0.5) is 0 Å². The Morgan fingerprint density at radius 3 is 1.28 bits per heavy atom. The fourth-order valence-corrected chi connectivity index (χ4v) is 8.36. The van der Waals surface area contributed by atoms with Gasteiger partial charge in [0.2, 0.25) is 0 Å². The molecule has 4 fully saturated rings. The lowest BCUT2D eigenvalue weighted by atomic mass is 9.59. The molecule has 2 aromatic rings. The van der Waals surface area contributed by atoms with Gasteiger partial charge in [-0.2, -0.15) is 0 Å². The zero-order chi connectivity index (χ0) is 24.6. The summed E-state index contributed by atoms with van der Waals surface area (Å²) in [5, 5.41) is 1.69. The van der Waals surface area contributed by atoms with Gasteiger partial charge in [0, 0.05) is 10.8 Å². The summed E-state index contributed by atoms with van der Waals surface area (Å²) < 4.78 is 12.4. The van der Waals surface area contributed by atoms with Crippen LogP contribution in [0.1, 0.15) is 103 Å². The van der Waals surface area contributed by atoms with E-state index in [2.05, 4.69) is 0 Å². The van der Waals surface area contributed by atoms with Crippen molar-refractivity contribution < 1.29 is 19.1 Å². The summed E-state index contributed by atoms with van der Waals surface area (Å²) in [6, 6.07) is 11.6. The standard InChI is InChI=1S/C32H40O4/c33-29(31-19-5-1-11-23(31)12-2-6-20-31)35-27-17-9-16-26-25(27)15-10-18-28(26)36-30(34)32-21-7-3-13-24(32)14-4-8-22-32/h9-10,15-18,23-24H,1-8,11-14,19-22H2. The Labute approximate surface area is 215 Å². The van der Waals surface area contributed by atoms with Gasteiger partial charge in [-0.05, 0) is 75.3 Å². The van der Waals surface area contributed by atoms with E-state index in [0.717, 1.165) is 87.8 Å². The van der Waals surface area contributed by atoms with Gasteiger partial charge in [0.05, 0.1) is 10.8 Å². The maximum Gasteiger partial charge on any atom is 0.317 e. The van der Waals surface area contributed by atoms with Crippen LogP contribution < -0.4 is 9.47 Å². The highest BCUT2D eigenvalue weighted by molar-refractivity contribution is 5.96. The van der Waals surface area contributed by atoms with Gasteiger partial charge in [0.1, 0.15) is 11.5 Å². The number of carbonyl (C=O) groups is 2. The molecule has 0 aliphatic heterocycles. The zero-order valence-electron chi connectivity index (χ0n) is 21.6. The van der Waals surface area contributed by atoms with Crippen LogP contribution in [-0.4, -0.2) is 11.9 Å². The fourth-order valence-electron chi connectivity index (χ4n) is 8.36. The maximum absolute atomic E-state index is 13.7. The topological polar surface area (TPSA) is 52.6 Å². The summed E-state index contributed by atoms with van der Waals surface area (Å²) in [7, 11) is 0. The van der Waals surface area contributed by atoms with E-state index in [1.165, 1.54) is 25.7 Å². The molecule has 4 aliphatic carbocycles. The van der Waals surface area contributed by atoms with Crippen molar-refractivity contribution in [3.63, 3.8) is 0 Å². The molecule has 0 N–H and O–H groups in total. The van der Waals surface area contributed by atoms with E-state index in [1.807, 2.05) is 36.4 Å². The van der Waals surface area contributed by atoms with E-state index in [4.69, 9.17) is 9.47 Å². The minimum Gasteiger partial charge on any atom is -0.425 e. The molecule has 0 bridgehead atoms. The molecule has 4 aliphatic rings. The summed E-state index contributed by atoms with van der Waals surface area (Å²) in [6.07, 6.45) is 17.8. The molecule has 0 heterocycles. The Bertz CT molecular complexity index is 1020. The highest BCUT2D eigenvalue weighted by Crippen LogP contribution is 2.53. The van der Waals surface area contributed by atoms with Crippen LogP contribution in [0.25, 0.3) is 10.8 Å². The van der Waals surface area contributed by atoms with Gasteiger partial charge in [-0.1, -0.05) is 75.6 Å². The number of carbonyl (C=O) groups excluding carboxylic acids is 2. The molecule has 0 atom stereocenters. The Kier molecular flexibility index (Phi) is 6.56. The number of rotatable bonds is 4. The van der Waals surface area contributed by atoms with Gasteiger partial charge in [-0.15, -0.1) is 0 Å². The highest BCUT2D eigenvalue weighted by atomic mass is 16.5. The van der Waals surface area contributed by atoms with Crippen molar-refractivity contribution in [2.45, 2.75) is 103 Å². The second-order valence-corrected chi connectivity index (χ2v) is 12.1. The van der Waals surface area contributed by atoms with Crippen LogP contribution in [0.2, 0.25) is 0 Å². The Balaban J connectivity index is 1.27. The van der Waals surface area contributed by atoms with Crippen LogP contribution in [0.15, 0.2) is 36.4 Å². The average molecular weight is 489 g/mol. The molecule has 6 rings (SSSR count). The molecule has 192 valence electrons. The van der Waals surface area contributed by atoms with E-state index >= 15 is 0 Å². The summed E-state index contributed by atoms with van der Waals surface area (Å²) in [4.78, 5) is 27.4. The van der Waals surface area contributed by atoms with Crippen molar-refractivity contribution in [2.75, 3.05) is 0 Å². The Morgan fingerprint density at radius 2 is 0.917 bits per heavy atom. The number of hydrogen-bond acceptors (Lipinski definition) is 4. The van der Waals surface area contributed by atoms with Gasteiger partial charge in [-0.3, -0.25) is 9.59 Å². The molecular formula is C32H40O4. The minimum atomic E-state index is -0.321. The monoisotopic (exact) mass is 488 g/mol. The number of ether oxygens (including phenoxy) is 2. The molecule has 0 radical (unpaired) electrons. The van der Waals surface area contributed by atoms with Gasteiger partial charge in [0.25, 0.3) is 0 Å². The van der Waals surface area contributed by atoms with Crippen molar-refractivity contribution in [1.29, 1.82) is 0 Å². The minimum absolute atomic E-state index is 0.0482. The lowest BCUT2D eigenvalue weighted by Crippen LogP contribution is -2.45. The van der Waals surface area contributed by atoms with E-state index in [0.29, 0.717) is 23.3 Å². The summed E-state index contributed by atoms with van der Waals surface area (Å²) in [5.74, 6) is 1.99. The normalized spacial score (nSPS) is 32.2. The third kappa shape index (κ3) is 4.05. The molecule has 4 nitrogen and oxygen atoms in total. The van der Waals surface area contributed by atoms with Gasteiger partial charge in [-0.25, -0.2) is 0 Å². The molecule has 0 aromatic heterocycles. The third-order valence-electron chi connectivity index (χ3n) is 10.3. The first-order valence-corrected chi connectivity index (χ1v) is 14.6. The van der Waals surface area contributed by atoms with Gasteiger partial charge in [0.15, 0.2) is 0 Å². The second kappa shape index (κ2) is 9.84. The van der Waals surface area contributed by atoms with Crippen molar-refractivity contribution >= 4 is 22.7 Å². The lowest BCUT2D eigenvalue weighted by Gasteiger charge is -2.45. The number of benzene rings is 2. The summed E-state index contributed by atoms with van der Waals surface area (Å²) in [6.45, 7) is 0. The smallest absolute Gasteiger partial charge is 0.317 e. The fraction of sp³-hybridized carbons (Fsp3) is 0.625. The second-order valence-electron chi connectivity index (χ2n) is 12.1. The number of hydrogen-bond donors (Lipinski definition) is 0. The van der Waals surface area contributed by atoms with Crippen LogP contribution in [0.3, 0.4) is 0 Å². The van der Waals surface area contributed by atoms with Gasteiger partial charge < -0.3 is 9.47 Å². The van der Waals surface area contributed by atoms with Crippen molar-refractivity contribution in [3.8, 4) is 11.5 Å². The van der Waals surface area contributed by atoms with E-state index < -0.39 is 0 Å². The van der Waals surface area contributed by atoms with Crippen LogP contribution in [-0.2, 0) is 9.59 Å². The summed E-state index contributed by atoms with van der Waals surface area (Å²) >= 11 is 0. The first-order chi connectivity index (χ1) is 17.6. The molecule has 4 saturated carbocycles. The molecule has 36 heavy (non-hydrogen) atoms. The zero-order valence-corrected chi connectivity index (χ0v) is 21.6. The molecule has 2 aromatic carbocycles. The molecule has 0 saturated heterocycles. The maximum atomic E-state index is 13.7. The van der Waals surface area contributed by atoms with Crippen molar-refractivity contribution in [3.05, 3.63) is 36.4 Å². The average Bonchev–Trinajstić information content (AvgIpc) is 2.93. The van der Waals surface area contributed by atoms with Crippen LogP contribution in [0, 0.1) is 22.7 Å². The largest absolute Gasteiger partial charge is 0.425 e. The van der Waals surface area contributed by atoms with Crippen LogP contribution in [0.5, 0.6) is 11.5 Å². The summed E-state index contributed by atoms with van der Waals surface area (Å²) in [5.41, 5.74) is -0.641. The molecule has 0 spiro atoms. The van der Waals surface area contributed by atoms with E-state index in [1.54, 1.807) is 0 Å². The third-order valence-corrected chi connectivity index (χ3v) is 10.3. The quantitative estimate of drug-likeness (QED) is 0.322.